The van der Waals surface area contributed by atoms with Gasteiger partial charge in [-0.3, -0.25) is 0 Å². The van der Waals surface area contributed by atoms with Crippen molar-refractivity contribution >= 4 is 16.5 Å². The normalized spacial score (nSPS) is 18.2. The molecule has 0 aromatic heterocycles. The Morgan fingerprint density at radius 2 is 2.18 bits per heavy atom. The van der Waals surface area contributed by atoms with Gasteiger partial charge in [-0.15, -0.1) is 0 Å². The summed E-state index contributed by atoms with van der Waals surface area (Å²) in [5.74, 6) is 0. The predicted octanol–water partition coefficient (Wildman–Crippen LogP) is 2.39. The Morgan fingerprint density at radius 3 is 3.00 bits per heavy atom. The van der Waals surface area contributed by atoms with Gasteiger partial charge in [-0.2, -0.15) is 5.26 Å². The lowest BCUT2D eigenvalue weighted by molar-refractivity contribution is 0.189. The molecule has 1 unspecified atom stereocenters. The zero-order valence-electron chi connectivity index (χ0n) is 9.27. The molecule has 0 spiro atoms. The Bertz CT molecular complexity index is 628. The van der Waals surface area contributed by atoms with Gasteiger partial charge in [0.15, 0.2) is 0 Å². The molecule has 1 aliphatic heterocycles. The molecule has 2 aromatic carbocycles. The van der Waals surface area contributed by atoms with Crippen molar-refractivity contribution in [3.05, 3.63) is 41.5 Å². The summed E-state index contributed by atoms with van der Waals surface area (Å²) in [6.07, 6.45) is 0.946. The zero-order valence-corrected chi connectivity index (χ0v) is 9.27. The first-order chi connectivity index (χ1) is 8.29. The molecule has 3 heteroatoms. The molecular formula is C14H12N2O. The lowest BCUT2D eigenvalue weighted by Crippen LogP contribution is -2.25. The van der Waals surface area contributed by atoms with Gasteiger partial charge >= 0.3 is 0 Å². The van der Waals surface area contributed by atoms with E-state index in [-0.39, 0.29) is 0 Å². The molecule has 3 nitrogen and oxygen atoms in total. The van der Waals surface area contributed by atoms with Crippen LogP contribution in [0.15, 0.2) is 30.3 Å². The van der Waals surface area contributed by atoms with Crippen molar-refractivity contribution < 1.29 is 5.11 Å². The number of nitriles is 1. The molecule has 0 amide bonds. The van der Waals surface area contributed by atoms with Crippen molar-refractivity contribution in [3.63, 3.8) is 0 Å². The van der Waals surface area contributed by atoms with Crippen LogP contribution >= 0.6 is 0 Å². The van der Waals surface area contributed by atoms with Crippen LogP contribution in [0.4, 0.5) is 5.69 Å². The topological polar surface area (TPSA) is 56.0 Å². The van der Waals surface area contributed by atoms with Crippen molar-refractivity contribution in [2.45, 2.75) is 19.1 Å². The number of rotatable bonds is 0. The molecule has 2 aromatic rings. The summed E-state index contributed by atoms with van der Waals surface area (Å²) < 4.78 is 0. The molecule has 0 bridgehead atoms. The van der Waals surface area contributed by atoms with Crippen LogP contribution in [0.2, 0.25) is 0 Å². The molecule has 0 saturated carbocycles. The van der Waals surface area contributed by atoms with Gasteiger partial charge in [-0.1, -0.05) is 24.3 Å². The Morgan fingerprint density at radius 1 is 1.35 bits per heavy atom. The number of benzene rings is 2. The number of fused-ring (bicyclic) bond motifs is 3. The number of aryl methyl sites for hydroxylation is 1. The molecule has 0 radical (unpaired) electrons. The van der Waals surface area contributed by atoms with Crippen LogP contribution in [0.5, 0.6) is 0 Å². The SMILES string of the molecule is N#Cc1cc2ccccc2c2c1NC(O)CC2. The Labute approximate surface area is 99.3 Å². The number of nitrogens with zero attached hydrogens (tertiary/aromatic N) is 1. The quantitative estimate of drug-likeness (QED) is 0.722. The number of hydrogen-bond donors (Lipinski definition) is 2. The first kappa shape index (κ1) is 10.1. The molecule has 17 heavy (non-hydrogen) atoms. The van der Waals surface area contributed by atoms with E-state index in [1.807, 2.05) is 24.3 Å². The Balaban J connectivity index is 2.35. The van der Waals surface area contributed by atoms with Crippen LogP contribution < -0.4 is 5.32 Å². The minimum atomic E-state index is -0.546. The number of nitrogens with one attached hydrogen (secondary N) is 1. The Hall–Kier alpha value is -2.05. The van der Waals surface area contributed by atoms with Gasteiger partial charge < -0.3 is 10.4 Å². The minimum absolute atomic E-state index is 0.546. The van der Waals surface area contributed by atoms with Crippen molar-refractivity contribution in [2.75, 3.05) is 5.32 Å². The average Bonchev–Trinajstić information content (AvgIpc) is 2.37. The van der Waals surface area contributed by atoms with Crippen LogP contribution in [0.3, 0.4) is 0 Å². The summed E-state index contributed by atoms with van der Waals surface area (Å²) >= 11 is 0. The maximum atomic E-state index is 9.63. The van der Waals surface area contributed by atoms with Crippen molar-refractivity contribution in [2.24, 2.45) is 0 Å². The number of aliphatic hydroxyl groups excluding tert-OH is 1. The van der Waals surface area contributed by atoms with Gasteiger partial charge in [-0.25, -0.2) is 0 Å². The number of anilines is 1. The van der Waals surface area contributed by atoms with Crippen LogP contribution in [-0.2, 0) is 6.42 Å². The van der Waals surface area contributed by atoms with Crippen LogP contribution in [0.1, 0.15) is 17.5 Å². The molecule has 0 saturated heterocycles. The third-order valence-electron chi connectivity index (χ3n) is 3.26. The fourth-order valence-electron chi connectivity index (χ4n) is 2.46. The number of hydrogen-bond acceptors (Lipinski definition) is 3. The molecule has 1 atom stereocenters. The van der Waals surface area contributed by atoms with E-state index >= 15 is 0 Å². The second-order valence-corrected chi connectivity index (χ2v) is 4.31. The van der Waals surface area contributed by atoms with E-state index in [9.17, 15) is 5.11 Å². The molecular weight excluding hydrogens is 212 g/mol. The summed E-state index contributed by atoms with van der Waals surface area (Å²) in [6.45, 7) is 0. The first-order valence-electron chi connectivity index (χ1n) is 5.69. The van der Waals surface area contributed by atoms with Crippen LogP contribution in [0, 0.1) is 11.3 Å². The summed E-state index contributed by atoms with van der Waals surface area (Å²) in [6, 6.07) is 12.1. The third kappa shape index (κ3) is 1.54. The van der Waals surface area contributed by atoms with Gasteiger partial charge in [0.1, 0.15) is 12.3 Å². The molecule has 3 rings (SSSR count). The van der Waals surface area contributed by atoms with E-state index in [4.69, 9.17) is 5.26 Å². The molecule has 0 aliphatic carbocycles. The maximum Gasteiger partial charge on any atom is 0.124 e. The lowest BCUT2D eigenvalue weighted by atomic mass is 9.92. The minimum Gasteiger partial charge on any atom is -0.374 e. The van der Waals surface area contributed by atoms with Crippen molar-refractivity contribution in [1.82, 2.24) is 0 Å². The van der Waals surface area contributed by atoms with E-state index < -0.39 is 6.23 Å². The monoisotopic (exact) mass is 224 g/mol. The van der Waals surface area contributed by atoms with E-state index in [1.54, 1.807) is 0 Å². The van der Waals surface area contributed by atoms with Crippen LogP contribution in [-0.4, -0.2) is 11.3 Å². The van der Waals surface area contributed by atoms with Gasteiger partial charge in [0.05, 0.1) is 11.3 Å². The zero-order chi connectivity index (χ0) is 11.8. The summed E-state index contributed by atoms with van der Waals surface area (Å²) in [7, 11) is 0. The van der Waals surface area contributed by atoms with E-state index in [0.717, 1.165) is 23.1 Å². The standard InChI is InChI=1S/C14H12N2O/c15-8-10-7-9-3-1-2-4-11(9)12-5-6-13(17)16-14(10)12/h1-4,7,13,16-17H,5-6H2. The first-order valence-corrected chi connectivity index (χ1v) is 5.69. The largest absolute Gasteiger partial charge is 0.374 e. The lowest BCUT2D eigenvalue weighted by Gasteiger charge is -2.25. The summed E-state index contributed by atoms with van der Waals surface area (Å²) in [5, 5.41) is 24.1. The molecule has 84 valence electrons. The highest BCUT2D eigenvalue weighted by molar-refractivity contribution is 5.93. The van der Waals surface area contributed by atoms with Crippen molar-refractivity contribution in [1.29, 1.82) is 5.26 Å². The van der Waals surface area contributed by atoms with Crippen LogP contribution in [0.25, 0.3) is 10.8 Å². The van der Waals surface area contributed by atoms with Gasteiger partial charge in [0.2, 0.25) is 0 Å². The number of aliphatic hydroxyl groups is 1. The van der Waals surface area contributed by atoms with Crippen molar-refractivity contribution in [3.8, 4) is 6.07 Å². The fourth-order valence-corrected chi connectivity index (χ4v) is 2.46. The third-order valence-corrected chi connectivity index (χ3v) is 3.26. The van der Waals surface area contributed by atoms with E-state index in [1.165, 1.54) is 5.39 Å². The second-order valence-electron chi connectivity index (χ2n) is 4.31. The predicted molar refractivity (Wildman–Crippen MR) is 66.6 cm³/mol. The molecule has 2 N–H and O–H groups in total. The molecule has 0 fully saturated rings. The highest BCUT2D eigenvalue weighted by Gasteiger charge is 2.20. The van der Waals surface area contributed by atoms with Gasteiger partial charge in [-0.05, 0) is 35.2 Å². The highest BCUT2D eigenvalue weighted by Crippen LogP contribution is 2.34. The van der Waals surface area contributed by atoms with Gasteiger partial charge in [0, 0.05) is 0 Å². The Kier molecular flexibility index (Phi) is 2.24. The van der Waals surface area contributed by atoms with E-state index in [0.29, 0.717) is 12.0 Å². The van der Waals surface area contributed by atoms with Gasteiger partial charge in [0.25, 0.3) is 0 Å². The maximum absolute atomic E-state index is 9.63. The second kappa shape index (κ2) is 3.76. The fraction of sp³-hybridized carbons (Fsp3) is 0.214. The highest BCUT2D eigenvalue weighted by atomic mass is 16.3. The summed E-state index contributed by atoms with van der Waals surface area (Å²) in [4.78, 5) is 0. The smallest absolute Gasteiger partial charge is 0.124 e. The molecule has 1 heterocycles. The summed E-state index contributed by atoms with van der Waals surface area (Å²) in [5.41, 5.74) is 2.55. The average molecular weight is 224 g/mol. The molecule has 1 aliphatic rings. The van der Waals surface area contributed by atoms with E-state index in [2.05, 4.69) is 17.5 Å².